The first-order chi connectivity index (χ1) is 3.15. The van der Waals surface area contributed by atoms with Crippen molar-refractivity contribution in [2.24, 2.45) is 0 Å². The molecule has 1 N–H and O–H groups in total. The molecule has 1 nitrogen and oxygen atoms in total. The van der Waals surface area contributed by atoms with E-state index < -0.39 is 0 Å². The van der Waals surface area contributed by atoms with Crippen LogP contribution in [0.1, 0.15) is 13.8 Å². The van der Waals surface area contributed by atoms with E-state index >= 15 is 0 Å². The molecule has 0 aromatic rings. The highest BCUT2D eigenvalue weighted by molar-refractivity contribution is 6.20. The van der Waals surface area contributed by atoms with E-state index in [1.54, 1.807) is 0 Å². The molecule has 0 rings (SSSR count). The van der Waals surface area contributed by atoms with E-state index in [0.29, 0.717) is 5.38 Å². The molecule has 0 aromatic heterocycles. The van der Waals surface area contributed by atoms with Crippen LogP contribution < -0.4 is 5.32 Å². The first kappa shape index (κ1) is 15.8. The second kappa shape index (κ2) is 15.6. The topological polar surface area (TPSA) is 12.0 Å². The monoisotopic (exact) mass is 159 g/mol. The van der Waals surface area contributed by atoms with Gasteiger partial charge in [0.1, 0.15) is 0 Å². The molecule has 0 saturated carbocycles. The summed E-state index contributed by atoms with van der Waals surface area (Å²) < 4.78 is 0. The molecule has 0 aliphatic rings. The predicted molar refractivity (Wildman–Crippen MR) is 43.2 cm³/mol. The van der Waals surface area contributed by atoms with E-state index in [9.17, 15) is 0 Å². The van der Waals surface area contributed by atoms with Crippen LogP contribution in [0.25, 0.3) is 0 Å². The van der Waals surface area contributed by atoms with Crippen molar-refractivity contribution in [1.29, 1.82) is 0 Å². The first-order valence-corrected chi connectivity index (χ1v) is 2.81. The van der Waals surface area contributed by atoms with Crippen molar-refractivity contribution in [2.75, 3.05) is 14.1 Å². The molecule has 0 aliphatic carbocycles. The Labute approximate surface area is 63.2 Å². The van der Waals surface area contributed by atoms with Gasteiger partial charge in [0.15, 0.2) is 0 Å². The van der Waals surface area contributed by atoms with Gasteiger partial charge in [0.05, 0.1) is 0 Å². The fourth-order valence-electron chi connectivity index (χ4n) is 0. The van der Waals surface area contributed by atoms with Gasteiger partial charge >= 0.3 is 0 Å². The van der Waals surface area contributed by atoms with Crippen LogP contribution in [0.4, 0.5) is 0 Å². The third-order valence-electron chi connectivity index (χ3n) is 0. The second-order valence-electron chi connectivity index (χ2n) is 1.51. The molecule has 0 radical (unpaired) electrons. The van der Waals surface area contributed by atoms with E-state index in [4.69, 9.17) is 11.6 Å². The maximum absolute atomic E-state index is 5.27. The molecule has 0 heterocycles. The quantitative estimate of drug-likeness (QED) is 0.533. The van der Waals surface area contributed by atoms with E-state index in [2.05, 4.69) is 5.32 Å². The Morgan fingerprint density at radius 1 is 1.25 bits per heavy atom. The molecule has 0 aliphatic heterocycles. The molecule has 3 heteroatoms. The number of halogens is 2. The zero-order valence-electron chi connectivity index (χ0n) is 5.86. The number of hydrogen-bond donors (Lipinski definition) is 1. The predicted octanol–water partition coefficient (Wildman–Crippen LogP) is 1.89. The van der Waals surface area contributed by atoms with Crippen LogP contribution in [-0.4, -0.2) is 19.5 Å². The van der Waals surface area contributed by atoms with Gasteiger partial charge in [-0.2, -0.15) is 0 Å². The highest BCUT2D eigenvalue weighted by atomic mass is 35.5. The van der Waals surface area contributed by atoms with Crippen LogP contribution in [0.3, 0.4) is 0 Å². The van der Waals surface area contributed by atoms with Crippen LogP contribution in [0.15, 0.2) is 0 Å². The molecule has 0 bridgehead atoms. The summed E-state index contributed by atoms with van der Waals surface area (Å²) >= 11 is 5.27. The number of rotatable bonds is 0. The summed E-state index contributed by atoms with van der Waals surface area (Å²) in [4.78, 5) is 0. The maximum Gasteiger partial charge on any atom is 0.0279 e. The minimum atomic E-state index is 0. The van der Waals surface area contributed by atoms with E-state index in [0.717, 1.165) is 0 Å². The van der Waals surface area contributed by atoms with E-state index in [-0.39, 0.29) is 12.4 Å². The largest absolute Gasteiger partial charge is 0.323 e. The standard InChI is InChI=1S/C3H7Cl.C2H7N.ClH/c1-3(2)4;1-3-2;/h3H,1-2H3;3H,1-2H3;1H. The summed E-state index contributed by atoms with van der Waals surface area (Å²) in [6.07, 6.45) is 0. The zero-order chi connectivity index (χ0) is 6.28. The lowest BCUT2D eigenvalue weighted by molar-refractivity contribution is 1.02. The number of alkyl halides is 1. The molecule has 0 amide bonds. The summed E-state index contributed by atoms with van der Waals surface area (Å²) in [5.41, 5.74) is 0. The van der Waals surface area contributed by atoms with Crippen molar-refractivity contribution in [2.45, 2.75) is 19.2 Å². The number of hydrogen-bond acceptors (Lipinski definition) is 1. The van der Waals surface area contributed by atoms with Gasteiger partial charge in [-0.1, -0.05) is 0 Å². The molecular weight excluding hydrogens is 145 g/mol. The summed E-state index contributed by atoms with van der Waals surface area (Å²) in [5.74, 6) is 0. The molecule has 0 atom stereocenters. The van der Waals surface area contributed by atoms with Crippen LogP contribution in [0.5, 0.6) is 0 Å². The third-order valence-corrected chi connectivity index (χ3v) is 0. The first-order valence-electron chi connectivity index (χ1n) is 2.37. The Morgan fingerprint density at radius 2 is 1.25 bits per heavy atom. The number of nitrogens with one attached hydrogen (secondary N) is 1. The lowest BCUT2D eigenvalue weighted by Gasteiger charge is -1.76. The average Bonchev–Trinajstić information content (AvgIpc) is 1.33. The molecule has 0 unspecified atom stereocenters. The van der Waals surface area contributed by atoms with Crippen molar-refractivity contribution in [1.82, 2.24) is 5.32 Å². The minimum absolute atomic E-state index is 0. The van der Waals surface area contributed by atoms with Gasteiger partial charge in [-0.15, -0.1) is 24.0 Å². The van der Waals surface area contributed by atoms with Crippen molar-refractivity contribution in [3.63, 3.8) is 0 Å². The Hall–Kier alpha value is 0.540. The Morgan fingerprint density at radius 3 is 1.25 bits per heavy atom. The Balaban J connectivity index is -0.0000000575. The highest BCUT2D eigenvalue weighted by Gasteiger charge is 1.71. The minimum Gasteiger partial charge on any atom is -0.323 e. The van der Waals surface area contributed by atoms with Crippen molar-refractivity contribution in [3.8, 4) is 0 Å². The van der Waals surface area contributed by atoms with Gasteiger partial charge in [-0.25, -0.2) is 0 Å². The van der Waals surface area contributed by atoms with Gasteiger partial charge < -0.3 is 5.32 Å². The fourth-order valence-corrected chi connectivity index (χ4v) is 0. The van der Waals surface area contributed by atoms with E-state index in [1.807, 2.05) is 27.9 Å². The SMILES string of the molecule is CC(C)Cl.CNC.Cl. The average molecular weight is 160 g/mol. The van der Waals surface area contributed by atoms with Gasteiger partial charge in [0.2, 0.25) is 0 Å². The Kier molecular flexibility index (Phi) is 30.9. The van der Waals surface area contributed by atoms with Crippen LogP contribution >= 0.6 is 24.0 Å². The molecular formula is C5H15Cl2N. The zero-order valence-corrected chi connectivity index (χ0v) is 7.44. The summed E-state index contributed by atoms with van der Waals surface area (Å²) in [6, 6.07) is 0. The molecule has 0 aromatic carbocycles. The summed E-state index contributed by atoms with van der Waals surface area (Å²) in [7, 11) is 3.75. The van der Waals surface area contributed by atoms with Gasteiger partial charge in [0, 0.05) is 5.38 Å². The van der Waals surface area contributed by atoms with Crippen LogP contribution in [0.2, 0.25) is 0 Å². The van der Waals surface area contributed by atoms with Gasteiger partial charge in [0.25, 0.3) is 0 Å². The van der Waals surface area contributed by atoms with Gasteiger partial charge in [-0.05, 0) is 27.9 Å². The molecule has 0 fully saturated rings. The molecule has 8 heavy (non-hydrogen) atoms. The maximum atomic E-state index is 5.27. The third kappa shape index (κ3) is 688. The second-order valence-corrected chi connectivity index (χ2v) is 2.39. The summed E-state index contributed by atoms with van der Waals surface area (Å²) in [5, 5.41) is 3.06. The van der Waals surface area contributed by atoms with Crippen LogP contribution in [-0.2, 0) is 0 Å². The van der Waals surface area contributed by atoms with Gasteiger partial charge in [-0.3, -0.25) is 0 Å². The Bertz CT molecular complexity index is 21.6. The molecule has 0 spiro atoms. The molecule has 54 valence electrons. The lowest BCUT2D eigenvalue weighted by Crippen LogP contribution is -1.89. The summed E-state index contributed by atoms with van der Waals surface area (Å²) in [6.45, 7) is 3.86. The van der Waals surface area contributed by atoms with E-state index in [1.165, 1.54) is 0 Å². The normalized spacial score (nSPS) is 6.75. The molecule has 0 saturated heterocycles. The lowest BCUT2D eigenvalue weighted by atomic mass is 10.6. The van der Waals surface area contributed by atoms with Crippen LogP contribution in [0, 0.1) is 0 Å². The smallest absolute Gasteiger partial charge is 0.0279 e. The van der Waals surface area contributed by atoms with Crippen molar-refractivity contribution >= 4 is 24.0 Å². The van der Waals surface area contributed by atoms with Crippen molar-refractivity contribution < 1.29 is 0 Å². The fraction of sp³-hybridized carbons (Fsp3) is 1.00. The van der Waals surface area contributed by atoms with Crippen molar-refractivity contribution in [3.05, 3.63) is 0 Å². The highest BCUT2D eigenvalue weighted by Crippen LogP contribution is 1.84.